The number of hydrogen-bond donors (Lipinski definition) is 2. The third kappa shape index (κ3) is 1.94. The number of hydrogen-bond acceptors (Lipinski definition) is 1. The van der Waals surface area contributed by atoms with E-state index in [-0.39, 0.29) is 0 Å². The fourth-order valence-corrected chi connectivity index (χ4v) is 2.37. The molecule has 0 amide bonds. The average Bonchev–Trinajstić information content (AvgIpc) is 2.57. The molecule has 80 valence electrons. The zero-order valence-corrected chi connectivity index (χ0v) is 10.4. The number of aryl methyl sites for hydroxylation is 1. The van der Waals surface area contributed by atoms with Crippen molar-refractivity contribution in [1.82, 2.24) is 4.98 Å². The van der Waals surface area contributed by atoms with E-state index in [1.165, 1.54) is 22.2 Å². The van der Waals surface area contributed by atoms with Crippen LogP contribution in [0.2, 0.25) is 0 Å². The van der Waals surface area contributed by atoms with Gasteiger partial charge in [-0.1, -0.05) is 22.9 Å². The van der Waals surface area contributed by atoms with Crippen molar-refractivity contribution in [3.8, 4) is 0 Å². The normalized spacial score (nSPS) is 11.1. The Balaban J connectivity index is 2.65. The van der Waals surface area contributed by atoms with E-state index in [0.717, 1.165) is 17.3 Å². The van der Waals surface area contributed by atoms with Gasteiger partial charge in [0.2, 0.25) is 0 Å². The molecule has 2 nitrogen and oxygen atoms in total. The lowest BCUT2D eigenvalue weighted by Gasteiger charge is -2.00. The summed E-state index contributed by atoms with van der Waals surface area (Å²) >= 11 is 3.50. The molecule has 0 unspecified atom stereocenters. The second kappa shape index (κ2) is 4.37. The number of rotatable bonds is 3. The predicted octanol–water partition coefficient (Wildman–Crippen LogP) is 2.99. The number of benzene rings is 1. The second-order valence-electron chi connectivity index (χ2n) is 3.66. The molecule has 0 saturated carbocycles. The molecule has 15 heavy (non-hydrogen) atoms. The van der Waals surface area contributed by atoms with E-state index in [1.807, 2.05) is 0 Å². The minimum absolute atomic E-state index is 0.701. The van der Waals surface area contributed by atoms with E-state index in [0.29, 0.717) is 6.54 Å². The first-order valence-electron chi connectivity index (χ1n) is 5.25. The number of H-pyrrole nitrogens is 1. The minimum Gasteiger partial charge on any atom is -0.358 e. The van der Waals surface area contributed by atoms with Crippen LogP contribution in [0.5, 0.6) is 0 Å². The number of nitrogens with two attached hydrogens (primary N) is 1. The van der Waals surface area contributed by atoms with Crippen LogP contribution in [0.3, 0.4) is 0 Å². The summed E-state index contributed by atoms with van der Waals surface area (Å²) in [7, 11) is 0. The van der Waals surface area contributed by atoms with Crippen LogP contribution in [0, 0.1) is 0 Å². The van der Waals surface area contributed by atoms with Crippen molar-refractivity contribution in [2.24, 2.45) is 5.73 Å². The number of aromatic nitrogens is 1. The average molecular weight is 267 g/mol. The molecule has 0 fully saturated rings. The van der Waals surface area contributed by atoms with Crippen LogP contribution >= 0.6 is 15.9 Å². The Bertz CT molecular complexity index is 474. The van der Waals surface area contributed by atoms with Crippen LogP contribution in [0.4, 0.5) is 0 Å². The first-order chi connectivity index (χ1) is 7.26. The molecule has 2 aromatic rings. The zero-order valence-electron chi connectivity index (χ0n) is 8.81. The summed E-state index contributed by atoms with van der Waals surface area (Å²) in [5.41, 5.74) is 9.54. The molecule has 1 aromatic heterocycles. The van der Waals surface area contributed by atoms with Gasteiger partial charge in [-0.25, -0.2) is 0 Å². The minimum atomic E-state index is 0.701. The molecule has 0 aliphatic rings. The van der Waals surface area contributed by atoms with Crippen molar-refractivity contribution in [2.75, 3.05) is 6.54 Å². The molecule has 0 spiro atoms. The van der Waals surface area contributed by atoms with Gasteiger partial charge in [-0.15, -0.1) is 0 Å². The van der Waals surface area contributed by atoms with Crippen LogP contribution in [-0.2, 0) is 12.8 Å². The summed E-state index contributed by atoms with van der Waals surface area (Å²) in [4.78, 5) is 3.45. The van der Waals surface area contributed by atoms with Gasteiger partial charge in [-0.05, 0) is 43.1 Å². The Morgan fingerprint density at radius 1 is 1.40 bits per heavy atom. The number of fused-ring (bicyclic) bond motifs is 1. The molecule has 2 rings (SSSR count). The standard InChI is InChI=1S/C12H15BrN2/c1-2-11-9(5-6-14)10-7-8(13)3-4-12(10)15-11/h3-4,7,15H,2,5-6,14H2,1H3. The maximum absolute atomic E-state index is 5.65. The van der Waals surface area contributed by atoms with Gasteiger partial charge < -0.3 is 10.7 Å². The van der Waals surface area contributed by atoms with E-state index in [4.69, 9.17) is 5.73 Å². The van der Waals surface area contributed by atoms with Gasteiger partial charge >= 0.3 is 0 Å². The smallest absolute Gasteiger partial charge is 0.0459 e. The van der Waals surface area contributed by atoms with Crippen LogP contribution in [0.1, 0.15) is 18.2 Å². The highest BCUT2D eigenvalue weighted by atomic mass is 79.9. The van der Waals surface area contributed by atoms with Crippen LogP contribution in [-0.4, -0.2) is 11.5 Å². The van der Waals surface area contributed by atoms with Crippen molar-refractivity contribution in [2.45, 2.75) is 19.8 Å². The van der Waals surface area contributed by atoms with E-state index in [2.05, 4.69) is 46.0 Å². The third-order valence-corrected chi connectivity index (χ3v) is 3.20. The molecule has 0 radical (unpaired) electrons. The molecule has 1 aromatic carbocycles. The lowest BCUT2D eigenvalue weighted by atomic mass is 10.1. The number of aromatic amines is 1. The van der Waals surface area contributed by atoms with Gasteiger partial charge in [-0.3, -0.25) is 0 Å². The summed E-state index contributed by atoms with van der Waals surface area (Å²) in [5, 5.41) is 1.30. The van der Waals surface area contributed by atoms with Crippen molar-refractivity contribution >= 4 is 26.8 Å². The zero-order chi connectivity index (χ0) is 10.8. The van der Waals surface area contributed by atoms with E-state index in [1.54, 1.807) is 0 Å². The molecule has 3 N–H and O–H groups in total. The molecular weight excluding hydrogens is 252 g/mol. The Labute approximate surface area is 98.0 Å². The van der Waals surface area contributed by atoms with Gasteiger partial charge in [-0.2, -0.15) is 0 Å². The Kier molecular flexibility index (Phi) is 3.12. The number of halogens is 1. The fraction of sp³-hybridized carbons (Fsp3) is 0.333. The summed E-state index contributed by atoms with van der Waals surface area (Å²) in [6, 6.07) is 6.33. The molecule has 0 atom stereocenters. The van der Waals surface area contributed by atoms with Gasteiger partial charge in [0.1, 0.15) is 0 Å². The molecule has 0 bridgehead atoms. The quantitative estimate of drug-likeness (QED) is 0.881. The maximum atomic E-state index is 5.65. The van der Waals surface area contributed by atoms with Gasteiger partial charge in [0, 0.05) is 21.1 Å². The summed E-state index contributed by atoms with van der Waals surface area (Å²) in [6.07, 6.45) is 1.97. The van der Waals surface area contributed by atoms with Gasteiger partial charge in [0.05, 0.1) is 0 Å². The molecular formula is C12H15BrN2. The lowest BCUT2D eigenvalue weighted by Crippen LogP contribution is -2.04. The highest BCUT2D eigenvalue weighted by Gasteiger charge is 2.09. The largest absolute Gasteiger partial charge is 0.358 e. The van der Waals surface area contributed by atoms with E-state index >= 15 is 0 Å². The van der Waals surface area contributed by atoms with Crippen LogP contribution in [0.15, 0.2) is 22.7 Å². The van der Waals surface area contributed by atoms with E-state index in [9.17, 15) is 0 Å². The van der Waals surface area contributed by atoms with Gasteiger partial charge in [0.15, 0.2) is 0 Å². The SMILES string of the molecule is CCc1[nH]c2ccc(Br)cc2c1CCN. The first-order valence-corrected chi connectivity index (χ1v) is 6.04. The second-order valence-corrected chi connectivity index (χ2v) is 4.58. The predicted molar refractivity (Wildman–Crippen MR) is 68.1 cm³/mol. The summed E-state index contributed by atoms with van der Waals surface area (Å²) in [6.45, 7) is 2.87. The monoisotopic (exact) mass is 266 g/mol. The van der Waals surface area contributed by atoms with Crippen molar-refractivity contribution < 1.29 is 0 Å². The number of nitrogens with one attached hydrogen (secondary N) is 1. The molecule has 0 saturated heterocycles. The highest BCUT2D eigenvalue weighted by Crippen LogP contribution is 2.26. The molecule has 1 heterocycles. The van der Waals surface area contributed by atoms with Crippen LogP contribution < -0.4 is 5.73 Å². The van der Waals surface area contributed by atoms with Crippen molar-refractivity contribution in [1.29, 1.82) is 0 Å². The molecule has 0 aliphatic heterocycles. The van der Waals surface area contributed by atoms with E-state index < -0.39 is 0 Å². The van der Waals surface area contributed by atoms with Gasteiger partial charge in [0.25, 0.3) is 0 Å². The maximum Gasteiger partial charge on any atom is 0.0459 e. The third-order valence-electron chi connectivity index (χ3n) is 2.70. The Morgan fingerprint density at radius 3 is 2.87 bits per heavy atom. The van der Waals surface area contributed by atoms with Crippen molar-refractivity contribution in [3.63, 3.8) is 0 Å². The van der Waals surface area contributed by atoms with Crippen LogP contribution in [0.25, 0.3) is 10.9 Å². The fourth-order valence-electron chi connectivity index (χ4n) is 2.01. The highest BCUT2D eigenvalue weighted by molar-refractivity contribution is 9.10. The molecule has 0 aliphatic carbocycles. The summed E-state index contributed by atoms with van der Waals surface area (Å²) < 4.78 is 1.12. The summed E-state index contributed by atoms with van der Waals surface area (Å²) in [5.74, 6) is 0. The topological polar surface area (TPSA) is 41.8 Å². The Morgan fingerprint density at radius 2 is 2.20 bits per heavy atom. The van der Waals surface area contributed by atoms with Crippen molar-refractivity contribution in [3.05, 3.63) is 33.9 Å². The lowest BCUT2D eigenvalue weighted by molar-refractivity contribution is 0.936. The molecule has 3 heteroatoms. The Hall–Kier alpha value is -0.800. The first kappa shape index (κ1) is 10.7.